The van der Waals surface area contributed by atoms with E-state index < -0.39 is 17.4 Å². The van der Waals surface area contributed by atoms with Gasteiger partial charge in [0.2, 0.25) is 0 Å². The van der Waals surface area contributed by atoms with Gasteiger partial charge in [-0.2, -0.15) is 0 Å². The number of aromatic amines is 1. The highest BCUT2D eigenvalue weighted by atomic mass is 16.5. The fraction of sp³-hybridized carbons (Fsp3) is 0.150. The maximum absolute atomic E-state index is 12.7. The van der Waals surface area contributed by atoms with Gasteiger partial charge in [-0.25, -0.2) is 14.4 Å². The Balaban J connectivity index is 1.80. The lowest BCUT2D eigenvalue weighted by Gasteiger charge is -2.33. The Labute approximate surface area is 171 Å². The van der Waals surface area contributed by atoms with Crippen LogP contribution in [0.15, 0.2) is 58.3 Å². The average Bonchev–Trinajstić information content (AvgIpc) is 3.08. The number of nitrogens with zero attached hydrogens (tertiary/aromatic N) is 2. The number of H-pyrrole nitrogens is 1. The number of hydrogen-bond acceptors (Lipinski definition) is 7. The summed E-state index contributed by atoms with van der Waals surface area (Å²) in [6, 6.07) is 13.8. The average molecular weight is 408 g/mol. The molecule has 0 saturated heterocycles. The van der Waals surface area contributed by atoms with Crippen molar-refractivity contribution >= 4 is 23.6 Å². The van der Waals surface area contributed by atoms with Crippen molar-refractivity contribution in [3.63, 3.8) is 0 Å². The van der Waals surface area contributed by atoms with E-state index in [1.807, 2.05) is 0 Å². The van der Waals surface area contributed by atoms with Crippen LogP contribution in [0, 0.1) is 0 Å². The number of nitrogens with two attached hydrogens (primary N) is 1. The number of hydrogen-bond donors (Lipinski definition) is 5. The zero-order chi connectivity index (χ0) is 21.3. The summed E-state index contributed by atoms with van der Waals surface area (Å²) in [5, 5.41) is 15.3. The van der Waals surface area contributed by atoms with Crippen molar-refractivity contribution in [2.24, 2.45) is 10.7 Å². The number of aliphatic hydroxyl groups is 1. The molecule has 4 rings (SSSR count). The number of fused-ring (bicyclic) bond motifs is 1. The molecule has 0 radical (unpaired) electrons. The monoisotopic (exact) mass is 408 g/mol. The molecule has 10 nitrogen and oxygen atoms in total. The topological polar surface area (TPSA) is 147 Å². The Kier molecular flexibility index (Phi) is 4.76. The molecule has 1 aliphatic rings. The second-order valence-electron chi connectivity index (χ2n) is 6.64. The molecule has 1 amide bonds. The highest BCUT2D eigenvalue weighted by Gasteiger charge is 2.41. The molecule has 1 aromatic heterocycles. The first-order chi connectivity index (χ1) is 14.5. The number of carbonyl (C=O) groups is 1. The van der Waals surface area contributed by atoms with Crippen molar-refractivity contribution in [2.75, 3.05) is 17.7 Å². The van der Waals surface area contributed by atoms with E-state index in [1.165, 1.54) is 17.9 Å². The maximum Gasteiger partial charge on any atom is 0.332 e. The Bertz CT molecular complexity index is 1200. The lowest BCUT2D eigenvalue weighted by Crippen LogP contribution is -2.56. The van der Waals surface area contributed by atoms with Crippen LogP contribution in [0.3, 0.4) is 0 Å². The lowest BCUT2D eigenvalue weighted by atomic mass is 10.1. The number of benzene rings is 2. The number of amides is 1. The normalized spacial score (nSPS) is 17.1. The minimum absolute atomic E-state index is 0.162. The number of para-hydroxylation sites is 2. The molecule has 10 heteroatoms. The van der Waals surface area contributed by atoms with Crippen LogP contribution in [0.25, 0.3) is 5.69 Å². The number of methoxy groups -OCH3 is 1. The first-order valence-corrected chi connectivity index (χ1v) is 9.07. The van der Waals surface area contributed by atoms with Gasteiger partial charge < -0.3 is 31.2 Å². The maximum atomic E-state index is 12.7. The number of carbonyl (C=O) groups excluding carboxylic acids is 1. The highest BCUT2D eigenvalue weighted by molar-refractivity contribution is 5.98. The number of aromatic nitrogens is 2. The van der Waals surface area contributed by atoms with Crippen LogP contribution >= 0.6 is 0 Å². The van der Waals surface area contributed by atoms with Crippen LogP contribution in [0.5, 0.6) is 5.75 Å². The molecular weight excluding hydrogens is 388 g/mol. The van der Waals surface area contributed by atoms with Crippen molar-refractivity contribution in [2.45, 2.75) is 12.4 Å². The zero-order valence-corrected chi connectivity index (χ0v) is 16.0. The first kappa shape index (κ1) is 19.3. The van der Waals surface area contributed by atoms with Crippen LogP contribution in [0.1, 0.15) is 11.3 Å². The summed E-state index contributed by atoms with van der Waals surface area (Å²) < 4.78 is 6.72. The third-order valence-electron chi connectivity index (χ3n) is 4.73. The summed E-state index contributed by atoms with van der Waals surface area (Å²) in [5.41, 5.74) is 7.26. The van der Waals surface area contributed by atoms with Crippen LogP contribution in [0.4, 0.5) is 11.5 Å². The van der Waals surface area contributed by atoms with Crippen LogP contribution in [-0.4, -0.2) is 39.7 Å². The smallest absolute Gasteiger partial charge is 0.332 e. The third kappa shape index (κ3) is 3.18. The molecule has 6 N–H and O–H groups in total. The number of aliphatic imine (C=N–C) groups is 1. The predicted octanol–water partition coefficient (Wildman–Crippen LogP) is 0.762. The summed E-state index contributed by atoms with van der Waals surface area (Å²) >= 11 is 0. The standard InChI is InChI=1S/C20H20N6O4/c1-30-16-8-3-2-7-15(16)26-17-14(23-19(26)29)10-22-20(25-17,18(21)28)24-13-6-4-5-12(9-13)11-27/h2-10,24-25,27H,11H2,1H3,(H2,21,28)(H,23,29). The van der Waals surface area contributed by atoms with Crippen molar-refractivity contribution in [1.82, 2.24) is 9.55 Å². The number of primary amides is 1. The molecule has 0 bridgehead atoms. The molecule has 0 saturated carbocycles. The van der Waals surface area contributed by atoms with E-state index in [9.17, 15) is 14.7 Å². The molecule has 0 spiro atoms. The molecule has 154 valence electrons. The van der Waals surface area contributed by atoms with Gasteiger partial charge in [-0.05, 0) is 29.8 Å². The third-order valence-corrected chi connectivity index (χ3v) is 4.73. The lowest BCUT2D eigenvalue weighted by molar-refractivity contribution is -0.121. The van der Waals surface area contributed by atoms with Crippen LogP contribution in [-0.2, 0) is 11.4 Å². The van der Waals surface area contributed by atoms with Crippen molar-refractivity contribution in [3.8, 4) is 11.4 Å². The van der Waals surface area contributed by atoms with Crippen molar-refractivity contribution in [1.29, 1.82) is 0 Å². The summed E-state index contributed by atoms with van der Waals surface area (Å²) in [6.45, 7) is -0.162. The quantitative estimate of drug-likeness (QED) is 0.407. The minimum Gasteiger partial charge on any atom is -0.495 e. The van der Waals surface area contributed by atoms with Gasteiger partial charge in [-0.15, -0.1) is 0 Å². The second-order valence-corrected chi connectivity index (χ2v) is 6.64. The Morgan fingerprint density at radius 3 is 2.83 bits per heavy atom. The van der Waals surface area contributed by atoms with Crippen LogP contribution in [0.2, 0.25) is 0 Å². The molecule has 0 aliphatic carbocycles. The number of aliphatic hydroxyl groups excluding tert-OH is 1. The Morgan fingerprint density at radius 2 is 2.10 bits per heavy atom. The number of nitrogens with one attached hydrogen (secondary N) is 3. The van der Waals surface area contributed by atoms with Gasteiger partial charge in [-0.3, -0.25) is 4.79 Å². The number of imidazole rings is 1. The van der Waals surface area contributed by atoms with Crippen molar-refractivity contribution in [3.05, 3.63) is 70.3 Å². The number of rotatable bonds is 6. The summed E-state index contributed by atoms with van der Waals surface area (Å²) in [7, 11) is 1.50. The largest absolute Gasteiger partial charge is 0.495 e. The molecule has 1 aliphatic heterocycles. The van der Waals surface area contributed by atoms with Gasteiger partial charge in [0.05, 0.1) is 25.6 Å². The fourth-order valence-electron chi connectivity index (χ4n) is 3.28. The van der Waals surface area contributed by atoms with Gasteiger partial charge in [0.15, 0.2) is 0 Å². The molecular formula is C20H20N6O4. The minimum atomic E-state index is -1.75. The molecule has 3 aromatic rings. The number of anilines is 2. The van der Waals surface area contributed by atoms with E-state index in [2.05, 4.69) is 20.6 Å². The zero-order valence-electron chi connectivity index (χ0n) is 16.0. The summed E-state index contributed by atoms with van der Waals surface area (Å²) in [4.78, 5) is 32.1. The molecule has 1 atom stereocenters. The Hall–Kier alpha value is -4.05. The van der Waals surface area contributed by atoms with Gasteiger partial charge in [0.1, 0.15) is 17.3 Å². The molecule has 2 heterocycles. The van der Waals surface area contributed by atoms with E-state index in [0.717, 1.165) is 0 Å². The Morgan fingerprint density at radius 1 is 1.30 bits per heavy atom. The predicted molar refractivity (Wildman–Crippen MR) is 112 cm³/mol. The van der Waals surface area contributed by atoms with E-state index >= 15 is 0 Å². The summed E-state index contributed by atoms with van der Waals surface area (Å²) in [5.74, 6) is -1.79. The molecule has 1 unspecified atom stereocenters. The van der Waals surface area contributed by atoms with Gasteiger partial charge in [0, 0.05) is 5.69 Å². The SMILES string of the molecule is COc1ccccc1-n1c2c([nH]c1=O)C=NC(Nc1cccc(CO)c1)(C(N)=O)N2. The van der Waals surface area contributed by atoms with Crippen LogP contribution < -0.4 is 26.8 Å². The number of ether oxygens (including phenoxy) is 1. The fourth-order valence-corrected chi connectivity index (χ4v) is 3.28. The van der Waals surface area contributed by atoms with Gasteiger partial charge >= 0.3 is 5.69 Å². The van der Waals surface area contributed by atoms with E-state index in [-0.39, 0.29) is 6.61 Å². The molecule has 0 fully saturated rings. The van der Waals surface area contributed by atoms with E-state index in [1.54, 1.807) is 48.5 Å². The summed E-state index contributed by atoms with van der Waals surface area (Å²) in [6.07, 6.45) is 1.37. The van der Waals surface area contributed by atoms with Gasteiger partial charge in [0.25, 0.3) is 11.7 Å². The second kappa shape index (κ2) is 7.41. The van der Waals surface area contributed by atoms with Crippen molar-refractivity contribution < 1.29 is 14.6 Å². The van der Waals surface area contributed by atoms with E-state index in [0.29, 0.717) is 34.2 Å². The van der Waals surface area contributed by atoms with Gasteiger partial charge in [-0.1, -0.05) is 24.3 Å². The highest BCUT2D eigenvalue weighted by Crippen LogP contribution is 2.30. The van der Waals surface area contributed by atoms with E-state index in [4.69, 9.17) is 10.5 Å². The first-order valence-electron chi connectivity index (χ1n) is 9.07. The molecule has 2 aromatic carbocycles. The molecule has 30 heavy (non-hydrogen) atoms.